The number of hydrogen-bond donors (Lipinski definition) is 1. The van der Waals surface area contributed by atoms with Gasteiger partial charge in [-0.15, -0.1) is 0 Å². The molecular formula is C21H25N3O2. The Morgan fingerprint density at radius 2 is 2.15 bits per heavy atom. The fraction of sp³-hybridized carbons (Fsp3) is 0.333. The zero-order valence-corrected chi connectivity index (χ0v) is 15.5. The number of benzene rings is 1. The van der Waals surface area contributed by atoms with Crippen molar-refractivity contribution in [1.29, 1.82) is 0 Å². The molecule has 5 nitrogen and oxygen atoms in total. The van der Waals surface area contributed by atoms with E-state index in [4.69, 9.17) is 4.74 Å². The van der Waals surface area contributed by atoms with Crippen molar-refractivity contribution in [3.8, 4) is 5.75 Å². The van der Waals surface area contributed by atoms with Crippen molar-refractivity contribution < 1.29 is 9.53 Å². The van der Waals surface area contributed by atoms with Gasteiger partial charge in [-0.1, -0.05) is 19.1 Å². The molecule has 0 aliphatic carbocycles. The molecule has 0 bridgehead atoms. The standard InChI is InChI=1S/C21H25N3O2/c1-4-9-22-21(25)13-18(16-6-5-7-17(12-16)26-3)19-14-23-20-11-15(2)8-10-24(19)20/h5-8,10-12,14,18H,4,9,13H2,1-3H3,(H,22,25). The summed E-state index contributed by atoms with van der Waals surface area (Å²) in [5.41, 5.74) is 4.09. The lowest BCUT2D eigenvalue weighted by Gasteiger charge is -2.18. The Bertz CT molecular complexity index is 901. The summed E-state index contributed by atoms with van der Waals surface area (Å²) in [4.78, 5) is 17.0. The number of rotatable bonds is 7. The predicted molar refractivity (Wildman–Crippen MR) is 103 cm³/mol. The van der Waals surface area contributed by atoms with Crippen molar-refractivity contribution >= 4 is 11.6 Å². The van der Waals surface area contributed by atoms with Crippen molar-refractivity contribution in [3.05, 3.63) is 65.6 Å². The van der Waals surface area contributed by atoms with Crippen LogP contribution in [0.15, 0.2) is 48.8 Å². The van der Waals surface area contributed by atoms with Crippen LogP contribution in [-0.4, -0.2) is 28.9 Å². The van der Waals surface area contributed by atoms with E-state index in [1.807, 2.05) is 56.6 Å². The Balaban J connectivity index is 2.02. The third kappa shape index (κ3) is 3.87. The summed E-state index contributed by atoms with van der Waals surface area (Å²) >= 11 is 0. The highest BCUT2D eigenvalue weighted by atomic mass is 16.5. The molecule has 0 aliphatic rings. The van der Waals surface area contributed by atoms with Crippen molar-refractivity contribution in [2.45, 2.75) is 32.6 Å². The second-order valence-corrected chi connectivity index (χ2v) is 6.50. The highest BCUT2D eigenvalue weighted by Crippen LogP contribution is 2.31. The highest BCUT2D eigenvalue weighted by Gasteiger charge is 2.22. The lowest BCUT2D eigenvalue weighted by molar-refractivity contribution is -0.121. The zero-order chi connectivity index (χ0) is 18.5. The molecule has 2 heterocycles. The zero-order valence-electron chi connectivity index (χ0n) is 15.5. The molecular weight excluding hydrogens is 326 g/mol. The van der Waals surface area contributed by atoms with E-state index in [0.29, 0.717) is 13.0 Å². The number of aromatic nitrogens is 2. The average Bonchev–Trinajstić information content (AvgIpc) is 3.07. The molecule has 0 saturated carbocycles. The van der Waals surface area contributed by atoms with Gasteiger partial charge in [-0.3, -0.25) is 4.79 Å². The van der Waals surface area contributed by atoms with Gasteiger partial charge in [-0.2, -0.15) is 0 Å². The number of carbonyl (C=O) groups excluding carboxylic acids is 1. The lowest BCUT2D eigenvalue weighted by atomic mass is 9.92. The van der Waals surface area contributed by atoms with Crippen LogP contribution in [0.2, 0.25) is 0 Å². The minimum atomic E-state index is -0.0975. The second kappa shape index (κ2) is 8.04. The summed E-state index contributed by atoms with van der Waals surface area (Å²) in [5.74, 6) is 0.729. The molecule has 3 aromatic rings. The summed E-state index contributed by atoms with van der Waals surface area (Å²) in [7, 11) is 1.65. The van der Waals surface area contributed by atoms with E-state index < -0.39 is 0 Å². The van der Waals surface area contributed by atoms with E-state index in [9.17, 15) is 4.79 Å². The van der Waals surface area contributed by atoms with Crippen LogP contribution in [0.4, 0.5) is 0 Å². The number of imidazole rings is 1. The van der Waals surface area contributed by atoms with Crippen molar-refractivity contribution in [2.24, 2.45) is 0 Å². The van der Waals surface area contributed by atoms with E-state index in [0.717, 1.165) is 34.6 Å². The fourth-order valence-corrected chi connectivity index (χ4v) is 3.13. The first-order valence-corrected chi connectivity index (χ1v) is 8.96. The molecule has 26 heavy (non-hydrogen) atoms. The van der Waals surface area contributed by atoms with Gasteiger partial charge in [-0.05, 0) is 48.7 Å². The molecule has 1 atom stereocenters. The molecule has 1 aromatic carbocycles. The van der Waals surface area contributed by atoms with E-state index in [1.165, 1.54) is 0 Å². The number of amides is 1. The largest absolute Gasteiger partial charge is 0.497 e. The average molecular weight is 351 g/mol. The number of nitrogens with one attached hydrogen (secondary N) is 1. The van der Waals surface area contributed by atoms with Gasteiger partial charge < -0.3 is 14.5 Å². The molecule has 136 valence electrons. The van der Waals surface area contributed by atoms with E-state index in [2.05, 4.69) is 20.8 Å². The van der Waals surface area contributed by atoms with Crippen LogP contribution >= 0.6 is 0 Å². The van der Waals surface area contributed by atoms with Gasteiger partial charge in [-0.25, -0.2) is 4.98 Å². The van der Waals surface area contributed by atoms with Crippen molar-refractivity contribution in [2.75, 3.05) is 13.7 Å². The Morgan fingerprint density at radius 1 is 1.31 bits per heavy atom. The van der Waals surface area contributed by atoms with Crippen LogP contribution < -0.4 is 10.1 Å². The van der Waals surface area contributed by atoms with Gasteiger partial charge in [0.1, 0.15) is 11.4 Å². The highest BCUT2D eigenvalue weighted by molar-refractivity contribution is 5.77. The Labute approximate surface area is 154 Å². The Hall–Kier alpha value is -2.82. The second-order valence-electron chi connectivity index (χ2n) is 6.50. The minimum absolute atomic E-state index is 0.0433. The van der Waals surface area contributed by atoms with E-state index in [1.54, 1.807) is 7.11 Å². The number of pyridine rings is 1. The fourth-order valence-electron chi connectivity index (χ4n) is 3.13. The lowest BCUT2D eigenvalue weighted by Crippen LogP contribution is -2.26. The number of ether oxygens (including phenoxy) is 1. The SMILES string of the molecule is CCCNC(=O)CC(c1cccc(OC)c1)c1cnc2cc(C)ccn12. The predicted octanol–water partition coefficient (Wildman–Crippen LogP) is 3.70. The van der Waals surface area contributed by atoms with Crippen molar-refractivity contribution in [3.63, 3.8) is 0 Å². The van der Waals surface area contributed by atoms with Gasteiger partial charge in [0.15, 0.2) is 0 Å². The summed E-state index contributed by atoms with van der Waals surface area (Å²) in [6, 6.07) is 12.0. The molecule has 1 N–H and O–H groups in total. The third-order valence-electron chi connectivity index (χ3n) is 4.51. The Kier molecular flexibility index (Phi) is 5.56. The maximum Gasteiger partial charge on any atom is 0.221 e. The molecule has 3 rings (SSSR count). The normalized spacial score (nSPS) is 12.1. The van der Waals surface area contributed by atoms with Crippen LogP contribution in [0.5, 0.6) is 5.75 Å². The maximum atomic E-state index is 12.5. The minimum Gasteiger partial charge on any atom is -0.497 e. The quantitative estimate of drug-likeness (QED) is 0.706. The monoisotopic (exact) mass is 351 g/mol. The third-order valence-corrected chi connectivity index (χ3v) is 4.51. The molecule has 0 saturated heterocycles. The van der Waals surface area contributed by atoms with E-state index in [-0.39, 0.29) is 11.8 Å². The summed E-state index contributed by atoms with van der Waals surface area (Å²) in [6.45, 7) is 4.79. The molecule has 1 amide bonds. The molecule has 1 unspecified atom stereocenters. The molecule has 2 aromatic heterocycles. The Morgan fingerprint density at radius 3 is 2.92 bits per heavy atom. The van der Waals surface area contributed by atoms with E-state index >= 15 is 0 Å². The van der Waals surface area contributed by atoms with Crippen LogP contribution in [-0.2, 0) is 4.79 Å². The van der Waals surface area contributed by atoms with Crippen LogP contribution in [0.25, 0.3) is 5.65 Å². The number of methoxy groups -OCH3 is 1. The van der Waals surface area contributed by atoms with Crippen molar-refractivity contribution in [1.82, 2.24) is 14.7 Å². The number of aryl methyl sites for hydroxylation is 1. The number of hydrogen-bond acceptors (Lipinski definition) is 3. The number of fused-ring (bicyclic) bond motifs is 1. The van der Waals surface area contributed by atoms with Gasteiger partial charge >= 0.3 is 0 Å². The molecule has 0 aliphatic heterocycles. The molecule has 5 heteroatoms. The van der Waals surface area contributed by atoms with Crippen LogP contribution in [0.1, 0.15) is 42.5 Å². The van der Waals surface area contributed by atoms with Crippen LogP contribution in [0.3, 0.4) is 0 Å². The van der Waals surface area contributed by atoms with Gasteiger partial charge in [0.05, 0.1) is 12.8 Å². The molecule has 0 fully saturated rings. The maximum absolute atomic E-state index is 12.5. The summed E-state index contributed by atoms with van der Waals surface area (Å²) in [5, 5.41) is 2.98. The van der Waals surface area contributed by atoms with Gasteiger partial charge in [0.25, 0.3) is 0 Å². The topological polar surface area (TPSA) is 55.6 Å². The first kappa shape index (κ1) is 18.0. The first-order valence-electron chi connectivity index (χ1n) is 8.96. The van der Waals surface area contributed by atoms with Gasteiger partial charge in [0, 0.05) is 31.3 Å². The number of nitrogens with zero attached hydrogens (tertiary/aromatic N) is 2. The van der Waals surface area contributed by atoms with Gasteiger partial charge in [0.2, 0.25) is 5.91 Å². The smallest absolute Gasteiger partial charge is 0.221 e. The molecule has 0 radical (unpaired) electrons. The summed E-state index contributed by atoms with van der Waals surface area (Å²) < 4.78 is 7.43. The van der Waals surface area contributed by atoms with Crippen LogP contribution in [0, 0.1) is 6.92 Å². The number of carbonyl (C=O) groups is 1. The molecule has 0 spiro atoms. The first-order chi connectivity index (χ1) is 12.6. The summed E-state index contributed by atoms with van der Waals surface area (Å²) in [6.07, 6.45) is 5.18.